The third kappa shape index (κ3) is 9.04. The summed E-state index contributed by atoms with van der Waals surface area (Å²) in [5, 5.41) is 0.0931. The highest BCUT2D eigenvalue weighted by molar-refractivity contribution is 7.80. The van der Waals surface area contributed by atoms with E-state index in [9.17, 15) is 0 Å². The Bertz CT molecular complexity index is 420. The van der Waals surface area contributed by atoms with E-state index in [0.717, 1.165) is 12.2 Å². The van der Waals surface area contributed by atoms with Gasteiger partial charge in [-0.05, 0) is 36.7 Å². The lowest BCUT2D eigenvalue weighted by atomic mass is 10.0. The quantitative estimate of drug-likeness (QED) is 0.392. The molecule has 0 saturated heterocycles. The van der Waals surface area contributed by atoms with Gasteiger partial charge in [0, 0.05) is 0 Å². The summed E-state index contributed by atoms with van der Waals surface area (Å²) in [6.07, 6.45) is 14.6. The maximum Gasteiger partial charge on any atom is 0.259 e. The molecule has 2 N–H and O–H groups in total. The second-order valence-corrected chi connectivity index (χ2v) is 6.36. The van der Waals surface area contributed by atoms with E-state index in [1.54, 1.807) is 0 Å². The van der Waals surface area contributed by atoms with Gasteiger partial charge >= 0.3 is 0 Å². The summed E-state index contributed by atoms with van der Waals surface area (Å²) in [6.45, 7) is 2.27. The Labute approximate surface area is 141 Å². The lowest BCUT2D eigenvalue weighted by Gasteiger charge is -2.09. The van der Waals surface area contributed by atoms with E-state index in [1.807, 2.05) is 18.2 Å². The average molecular weight is 322 g/mol. The van der Waals surface area contributed by atoms with Gasteiger partial charge in [-0.1, -0.05) is 82.9 Å². The Hall–Kier alpha value is -1.09. The lowest BCUT2D eigenvalue weighted by molar-refractivity contribution is 0.537. The topological polar surface area (TPSA) is 35.2 Å². The number of aryl methyl sites for hydroxylation is 1. The number of nitrogens with two attached hydrogens (primary N) is 1. The first-order valence-corrected chi connectivity index (χ1v) is 9.20. The van der Waals surface area contributed by atoms with Crippen LogP contribution in [0.2, 0.25) is 0 Å². The third-order valence-corrected chi connectivity index (χ3v) is 4.07. The summed E-state index contributed by atoms with van der Waals surface area (Å²) in [5.74, 6) is 0.811. The van der Waals surface area contributed by atoms with E-state index in [1.165, 1.54) is 69.8 Å². The van der Waals surface area contributed by atoms with E-state index in [2.05, 4.69) is 13.0 Å². The van der Waals surface area contributed by atoms with Gasteiger partial charge in [0.2, 0.25) is 0 Å². The van der Waals surface area contributed by atoms with Crippen LogP contribution in [0.5, 0.6) is 5.75 Å². The average Bonchev–Trinajstić information content (AvgIpc) is 2.50. The van der Waals surface area contributed by atoms with Crippen LogP contribution in [0.3, 0.4) is 0 Å². The predicted octanol–water partition coefficient (Wildman–Crippen LogP) is 5.77. The van der Waals surface area contributed by atoms with Crippen molar-refractivity contribution in [2.45, 2.75) is 77.6 Å². The predicted molar refractivity (Wildman–Crippen MR) is 99.4 cm³/mol. The van der Waals surface area contributed by atoms with Crippen LogP contribution in [-0.4, -0.2) is 5.17 Å². The Kier molecular flexibility index (Phi) is 10.7. The molecule has 0 amide bonds. The molecule has 0 aliphatic heterocycles. The number of hydrogen-bond acceptors (Lipinski definition) is 2. The van der Waals surface area contributed by atoms with Crippen LogP contribution in [0.25, 0.3) is 0 Å². The van der Waals surface area contributed by atoms with Crippen molar-refractivity contribution in [2.75, 3.05) is 0 Å². The van der Waals surface area contributed by atoms with Gasteiger partial charge in [0.15, 0.2) is 0 Å². The van der Waals surface area contributed by atoms with Crippen molar-refractivity contribution in [1.29, 1.82) is 0 Å². The van der Waals surface area contributed by atoms with Crippen LogP contribution in [0, 0.1) is 0 Å². The number of rotatable bonds is 12. The van der Waals surface area contributed by atoms with Gasteiger partial charge in [-0.2, -0.15) is 0 Å². The molecule has 0 aliphatic carbocycles. The number of ether oxygens (including phenoxy) is 1. The smallest absolute Gasteiger partial charge is 0.259 e. The standard InChI is InChI=1S/C19H31NOS/c1-2-3-4-5-6-7-8-9-10-11-14-17-15-12-13-16-18(17)21-19(20)22/h12-13,15-16H,2-11,14H2,1H3,(H2,20,22). The van der Waals surface area contributed by atoms with Crippen LogP contribution in [0.15, 0.2) is 24.3 Å². The molecule has 22 heavy (non-hydrogen) atoms. The molecule has 1 aromatic rings. The fourth-order valence-electron chi connectivity index (χ4n) is 2.72. The fourth-order valence-corrected chi connectivity index (χ4v) is 2.81. The molecule has 0 radical (unpaired) electrons. The zero-order chi connectivity index (χ0) is 16.0. The summed E-state index contributed by atoms with van der Waals surface area (Å²) in [4.78, 5) is 0. The summed E-state index contributed by atoms with van der Waals surface area (Å²) in [5.41, 5.74) is 6.66. The van der Waals surface area contributed by atoms with E-state index >= 15 is 0 Å². The number of unbranched alkanes of at least 4 members (excludes halogenated alkanes) is 9. The first-order chi connectivity index (χ1) is 10.7. The van der Waals surface area contributed by atoms with Crippen molar-refractivity contribution in [3.8, 4) is 5.75 Å². The molecule has 0 fully saturated rings. The Balaban J connectivity index is 2.08. The highest BCUT2D eigenvalue weighted by Crippen LogP contribution is 2.21. The highest BCUT2D eigenvalue weighted by atomic mass is 32.1. The largest absolute Gasteiger partial charge is 0.432 e. The Morgan fingerprint density at radius 3 is 2.05 bits per heavy atom. The van der Waals surface area contributed by atoms with Gasteiger partial charge in [-0.15, -0.1) is 0 Å². The molecule has 3 heteroatoms. The summed E-state index contributed by atoms with van der Waals surface area (Å²) in [6, 6.07) is 8.03. The van der Waals surface area contributed by atoms with Crippen molar-refractivity contribution in [3.05, 3.63) is 29.8 Å². The molecule has 0 aromatic heterocycles. The molecule has 0 heterocycles. The molecule has 0 unspecified atom stereocenters. The molecule has 0 spiro atoms. The lowest BCUT2D eigenvalue weighted by Crippen LogP contribution is -2.16. The number of para-hydroxylation sites is 1. The highest BCUT2D eigenvalue weighted by Gasteiger charge is 2.04. The van der Waals surface area contributed by atoms with Gasteiger partial charge in [0.25, 0.3) is 5.17 Å². The Morgan fingerprint density at radius 2 is 1.45 bits per heavy atom. The van der Waals surface area contributed by atoms with E-state index in [4.69, 9.17) is 22.7 Å². The Morgan fingerprint density at radius 1 is 0.909 bits per heavy atom. The second-order valence-electron chi connectivity index (χ2n) is 5.96. The van der Waals surface area contributed by atoms with Crippen molar-refractivity contribution in [1.82, 2.24) is 0 Å². The molecule has 1 rings (SSSR count). The van der Waals surface area contributed by atoms with Gasteiger partial charge in [-0.25, -0.2) is 0 Å². The SMILES string of the molecule is CCCCCCCCCCCCc1ccccc1OC(N)=S. The molecular formula is C19H31NOS. The second kappa shape index (κ2) is 12.5. The minimum atomic E-state index is 0.0931. The molecule has 2 nitrogen and oxygen atoms in total. The minimum Gasteiger partial charge on any atom is -0.432 e. The number of benzene rings is 1. The minimum absolute atomic E-state index is 0.0931. The van der Waals surface area contributed by atoms with Gasteiger partial charge in [0.05, 0.1) is 0 Å². The number of hydrogen-bond donors (Lipinski definition) is 1. The van der Waals surface area contributed by atoms with Crippen LogP contribution in [-0.2, 0) is 6.42 Å². The van der Waals surface area contributed by atoms with Crippen LogP contribution in [0.4, 0.5) is 0 Å². The first-order valence-electron chi connectivity index (χ1n) is 8.79. The maximum atomic E-state index is 5.46. The van der Waals surface area contributed by atoms with Gasteiger partial charge < -0.3 is 10.5 Å². The fraction of sp³-hybridized carbons (Fsp3) is 0.632. The zero-order valence-corrected chi connectivity index (χ0v) is 14.8. The van der Waals surface area contributed by atoms with Crippen LogP contribution < -0.4 is 10.5 Å². The normalized spacial score (nSPS) is 10.6. The molecular weight excluding hydrogens is 290 g/mol. The van der Waals surface area contributed by atoms with Gasteiger partial charge in [0.1, 0.15) is 5.75 Å². The molecule has 0 aliphatic rings. The summed E-state index contributed by atoms with van der Waals surface area (Å²) in [7, 11) is 0. The maximum absolute atomic E-state index is 5.46. The molecule has 1 aromatic carbocycles. The number of thiocarbonyl (C=S) groups is 1. The molecule has 0 atom stereocenters. The van der Waals surface area contributed by atoms with Crippen molar-refractivity contribution in [2.24, 2.45) is 5.73 Å². The molecule has 0 bridgehead atoms. The van der Waals surface area contributed by atoms with Crippen molar-refractivity contribution in [3.63, 3.8) is 0 Å². The third-order valence-electron chi connectivity index (χ3n) is 3.98. The first kappa shape index (κ1) is 19.0. The van der Waals surface area contributed by atoms with Gasteiger partial charge in [-0.3, -0.25) is 0 Å². The van der Waals surface area contributed by atoms with E-state index in [0.29, 0.717) is 0 Å². The van der Waals surface area contributed by atoms with E-state index in [-0.39, 0.29) is 5.17 Å². The monoisotopic (exact) mass is 321 g/mol. The van der Waals surface area contributed by atoms with Crippen LogP contribution >= 0.6 is 12.2 Å². The van der Waals surface area contributed by atoms with Crippen molar-refractivity contribution < 1.29 is 4.74 Å². The summed E-state index contributed by atoms with van der Waals surface area (Å²) >= 11 is 4.81. The molecule has 124 valence electrons. The van der Waals surface area contributed by atoms with E-state index < -0.39 is 0 Å². The van der Waals surface area contributed by atoms with Crippen molar-refractivity contribution >= 4 is 17.4 Å². The van der Waals surface area contributed by atoms with Crippen LogP contribution in [0.1, 0.15) is 76.7 Å². The molecule has 0 saturated carbocycles. The summed E-state index contributed by atoms with van der Waals surface area (Å²) < 4.78 is 5.40. The zero-order valence-electron chi connectivity index (χ0n) is 14.0.